The Morgan fingerprint density at radius 3 is 2.48 bits per heavy atom. The molecular weight excluding hydrogens is 292 g/mol. The summed E-state index contributed by atoms with van der Waals surface area (Å²) in [6, 6.07) is 8.53. The van der Waals surface area contributed by atoms with Gasteiger partial charge in [-0.1, -0.05) is 30.3 Å². The molecule has 1 aliphatic rings. The van der Waals surface area contributed by atoms with Crippen molar-refractivity contribution in [1.29, 1.82) is 0 Å². The molecule has 0 aromatic heterocycles. The van der Waals surface area contributed by atoms with Gasteiger partial charge in [0, 0.05) is 13.2 Å². The average Bonchev–Trinajstić information content (AvgIpc) is 2.49. The quantitative estimate of drug-likeness (QED) is 0.777. The van der Waals surface area contributed by atoms with Crippen LogP contribution in [0.2, 0.25) is 0 Å². The summed E-state index contributed by atoms with van der Waals surface area (Å²) >= 11 is 0. The number of ether oxygens (including phenoxy) is 2. The first-order valence-corrected chi connectivity index (χ1v) is 8.70. The second kappa shape index (κ2) is 7.04. The third-order valence-corrected chi connectivity index (χ3v) is 6.09. The Kier molecular flexibility index (Phi) is 5.36. The molecule has 1 aromatic rings. The van der Waals surface area contributed by atoms with E-state index in [0.29, 0.717) is 31.6 Å². The Morgan fingerprint density at radius 2 is 1.90 bits per heavy atom. The predicted octanol–water partition coefficient (Wildman–Crippen LogP) is 1.88. The van der Waals surface area contributed by atoms with Crippen LogP contribution in [0.3, 0.4) is 0 Å². The summed E-state index contributed by atoms with van der Waals surface area (Å²) < 4.78 is 35.9. The monoisotopic (exact) mass is 312 g/mol. The van der Waals surface area contributed by atoms with Crippen LogP contribution < -0.4 is 0 Å². The van der Waals surface area contributed by atoms with Gasteiger partial charge in [-0.2, -0.15) is 0 Å². The molecule has 1 atom stereocenters. The van der Waals surface area contributed by atoms with E-state index >= 15 is 0 Å². The maximum atomic E-state index is 12.8. The van der Waals surface area contributed by atoms with Gasteiger partial charge in [0.15, 0.2) is 15.1 Å². The van der Waals surface area contributed by atoms with E-state index in [4.69, 9.17) is 9.47 Å². The molecule has 0 amide bonds. The van der Waals surface area contributed by atoms with E-state index in [1.807, 2.05) is 0 Å². The molecule has 21 heavy (non-hydrogen) atoms. The summed E-state index contributed by atoms with van der Waals surface area (Å²) in [4.78, 5) is 12.2. The molecule has 0 N–H and O–H groups in total. The number of rotatable bonds is 5. The van der Waals surface area contributed by atoms with Crippen molar-refractivity contribution in [3.05, 3.63) is 35.9 Å². The first-order chi connectivity index (χ1) is 10.1. The number of esters is 1. The van der Waals surface area contributed by atoms with Crippen LogP contribution >= 0.6 is 0 Å². The lowest BCUT2D eigenvalue weighted by atomic mass is 10.1. The van der Waals surface area contributed by atoms with Gasteiger partial charge in [-0.05, 0) is 25.3 Å². The third kappa shape index (κ3) is 3.63. The highest BCUT2D eigenvalue weighted by molar-refractivity contribution is 7.93. The fraction of sp³-hybridized carbons (Fsp3) is 0.533. The number of hydrogen-bond acceptors (Lipinski definition) is 5. The lowest BCUT2D eigenvalue weighted by Gasteiger charge is -2.26. The summed E-state index contributed by atoms with van der Waals surface area (Å²) in [5.41, 5.74) is 0.461. The molecule has 5 nitrogen and oxygen atoms in total. The fourth-order valence-corrected chi connectivity index (χ4v) is 4.61. The average molecular weight is 312 g/mol. The highest BCUT2D eigenvalue weighted by Crippen LogP contribution is 2.31. The SMILES string of the molecule is CCOC(=O)C(c1ccccc1)S(=O)(=O)C1CCOCC1. The van der Waals surface area contributed by atoms with Gasteiger partial charge in [0.05, 0.1) is 11.9 Å². The number of benzene rings is 1. The third-order valence-electron chi connectivity index (χ3n) is 3.56. The smallest absolute Gasteiger partial charge is 0.328 e. The molecule has 0 saturated carbocycles. The van der Waals surface area contributed by atoms with Gasteiger partial charge in [-0.15, -0.1) is 0 Å². The molecule has 1 saturated heterocycles. The number of sulfone groups is 1. The van der Waals surface area contributed by atoms with Gasteiger partial charge in [0.2, 0.25) is 0 Å². The van der Waals surface area contributed by atoms with Crippen LogP contribution in [0.5, 0.6) is 0 Å². The molecule has 0 radical (unpaired) electrons. The molecule has 1 heterocycles. The summed E-state index contributed by atoms with van der Waals surface area (Å²) in [6.45, 7) is 2.65. The highest BCUT2D eigenvalue weighted by Gasteiger charge is 2.41. The molecule has 1 aliphatic heterocycles. The number of carbonyl (C=O) groups is 1. The van der Waals surface area contributed by atoms with Gasteiger partial charge < -0.3 is 9.47 Å². The molecule has 0 spiro atoms. The highest BCUT2D eigenvalue weighted by atomic mass is 32.2. The van der Waals surface area contributed by atoms with Gasteiger partial charge in [0.25, 0.3) is 0 Å². The minimum atomic E-state index is -3.65. The van der Waals surface area contributed by atoms with Crippen LogP contribution in [0.1, 0.15) is 30.6 Å². The maximum Gasteiger partial charge on any atom is 0.328 e. The fourth-order valence-electron chi connectivity index (χ4n) is 2.50. The summed E-state index contributed by atoms with van der Waals surface area (Å²) in [5, 5.41) is -1.80. The molecule has 6 heteroatoms. The Balaban J connectivity index is 2.36. The molecule has 1 aromatic carbocycles. The Labute approximate surface area is 125 Å². The van der Waals surface area contributed by atoms with Crippen LogP contribution in [0.15, 0.2) is 30.3 Å². The molecule has 2 rings (SSSR count). The normalized spacial score (nSPS) is 18.1. The standard InChI is InChI=1S/C15H20O5S/c1-2-20-15(16)14(12-6-4-3-5-7-12)21(17,18)13-8-10-19-11-9-13/h3-7,13-14H,2,8-11H2,1H3. The molecule has 116 valence electrons. The van der Waals surface area contributed by atoms with Crippen molar-refractivity contribution in [2.75, 3.05) is 19.8 Å². The van der Waals surface area contributed by atoms with Gasteiger partial charge in [0.1, 0.15) is 0 Å². The van der Waals surface area contributed by atoms with Crippen LogP contribution in [0, 0.1) is 0 Å². The molecular formula is C15H20O5S. The van der Waals surface area contributed by atoms with E-state index in [1.165, 1.54) is 0 Å². The molecule has 1 unspecified atom stereocenters. The van der Waals surface area contributed by atoms with Gasteiger partial charge >= 0.3 is 5.97 Å². The van der Waals surface area contributed by atoms with E-state index in [2.05, 4.69) is 0 Å². The summed E-state index contributed by atoms with van der Waals surface area (Å²) in [5.74, 6) is -0.699. The first-order valence-electron chi connectivity index (χ1n) is 7.09. The lowest BCUT2D eigenvalue weighted by Crippen LogP contribution is -2.36. The van der Waals surface area contributed by atoms with Crippen molar-refractivity contribution in [1.82, 2.24) is 0 Å². The van der Waals surface area contributed by atoms with Crippen LogP contribution in [-0.4, -0.2) is 39.5 Å². The van der Waals surface area contributed by atoms with E-state index in [-0.39, 0.29) is 6.61 Å². The topological polar surface area (TPSA) is 69.7 Å². The van der Waals surface area contributed by atoms with E-state index < -0.39 is 26.3 Å². The zero-order valence-electron chi connectivity index (χ0n) is 12.0. The van der Waals surface area contributed by atoms with Crippen LogP contribution in [-0.2, 0) is 24.1 Å². The Hall–Kier alpha value is -1.40. The van der Waals surface area contributed by atoms with Gasteiger partial charge in [-0.3, -0.25) is 4.79 Å². The summed E-state index contributed by atoms with van der Waals surface area (Å²) in [7, 11) is -3.65. The van der Waals surface area contributed by atoms with Crippen molar-refractivity contribution < 1.29 is 22.7 Å². The zero-order valence-corrected chi connectivity index (χ0v) is 12.8. The Bertz CT molecular complexity index is 561. The van der Waals surface area contributed by atoms with Crippen molar-refractivity contribution in [3.8, 4) is 0 Å². The first kappa shape index (κ1) is 16.0. The van der Waals surface area contributed by atoms with Crippen LogP contribution in [0.4, 0.5) is 0 Å². The minimum absolute atomic E-state index is 0.158. The summed E-state index contributed by atoms with van der Waals surface area (Å²) in [6.07, 6.45) is 0.843. The van der Waals surface area contributed by atoms with Crippen LogP contribution in [0.25, 0.3) is 0 Å². The number of carbonyl (C=O) groups excluding carboxylic acids is 1. The predicted molar refractivity (Wildman–Crippen MR) is 78.6 cm³/mol. The van der Waals surface area contributed by atoms with E-state index in [0.717, 1.165) is 0 Å². The second-order valence-electron chi connectivity index (χ2n) is 4.94. The molecule has 1 fully saturated rings. The second-order valence-corrected chi connectivity index (χ2v) is 7.26. The van der Waals surface area contributed by atoms with Crippen molar-refractivity contribution in [2.24, 2.45) is 0 Å². The van der Waals surface area contributed by atoms with Gasteiger partial charge in [-0.25, -0.2) is 8.42 Å². The molecule has 0 bridgehead atoms. The minimum Gasteiger partial charge on any atom is -0.465 e. The number of hydrogen-bond donors (Lipinski definition) is 0. The lowest BCUT2D eigenvalue weighted by molar-refractivity contribution is -0.142. The van der Waals surface area contributed by atoms with E-state index in [1.54, 1.807) is 37.3 Å². The van der Waals surface area contributed by atoms with Crippen molar-refractivity contribution in [2.45, 2.75) is 30.3 Å². The zero-order chi connectivity index (χ0) is 15.3. The molecule has 0 aliphatic carbocycles. The maximum absolute atomic E-state index is 12.8. The van der Waals surface area contributed by atoms with Crippen molar-refractivity contribution >= 4 is 15.8 Å². The van der Waals surface area contributed by atoms with Crippen molar-refractivity contribution in [3.63, 3.8) is 0 Å². The Morgan fingerprint density at radius 1 is 1.29 bits per heavy atom. The largest absolute Gasteiger partial charge is 0.465 e. The van der Waals surface area contributed by atoms with E-state index in [9.17, 15) is 13.2 Å².